The van der Waals surface area contributed by atoms with Gasteiger partial charge in [0.15, 0.2) is 0 Å². The van der Waals surface area contributed by atoms with Crippen LogP contribution in [0.2, 0.25) is 0 Å². The van der Waals surface area contributed by atoms with Gasteiger partial charge in [-0.1, -0.05) is 12.1 Å². The lowest BCUT2D eigenvalue weighted by atomic mass is 10.1. The summed E-state index contributed by atoms with van der Waals surface area (Å²) < 4.78 is 12.7. The van der Waals surface area contributed by atoms with Gasteiger partial charge in [0.2, 0.25) is 5.95 Å². The predicted octanol–water partition coefficient (Wildman–Crippen LogP) is 2.02. The van der Waals surface area contributed by atoms with E-state index in [1.165, 1.54) is 6.07 Å². The average molecular weight is 242 g/mol. The van der Waals surface area contributed by atoms with Crippen LogP contribution in [-0.4, -0.2) is 16.8 Å². The maximum atomic E-state index is 12.7. The molecule has 0 atom stereocenters. The van der Waals surface area contributed by atoms with Crippen LogP contribution in [0.25, 0.3) is 0 Å². The fourth-order valence-corrected chi connectivity index (χ4v) is 1.92. The fourth-order valence-electron chi connectivity index (χ4n) is 1.92. The minimum atomic E-state index is -0.657. The minimum absolute atomic E-state index is 0.266. The summed E-state index contributed by atoms with van der Waals surface area (Å²) in [5.74, 6) is -1.48. The number of hydrogen-bond donors (Lipinski definition) is 0. The van der Waals surface area contributed by atoms with Crippen molar-refractivity contribution in [2.45, 2.75) is 0 Å². The number of rotatable bonds is 1. The lowest BCUT2D eigenvalue weighted by Crippen LogP contribution is -2.29. The van der Waals surface area contributed by atoms with Gasteiger partial charge in [0.1, 0.15) is 0 Å². The van der Waals surface area contributed by atoms with E-state index in [0.717, 1.165) is 17.2 Å². The van der Waals surface area contributed by atoms with Crippen molar-refractivity contribution < 1.29 is 14.0 Å². The molecule has 0 spiro atoms. The number of nitrogens with zero attached hydrogens (tertiary/aromatic N) is 2. The molecule has 5 heteroatoms. The average Bonchev–Trinajstić information content (AvgIpc) is 2.64. The third kappa shape index (κ3) is 1.41. The van der Waals surface area contributed by atoms with Gasteiger partial charge in [0.05, 0.1) is 23.0 Å². The van der Waals surface area contributed by atoms with E-state index in [9.17, 15) is 14.0 Å². The summed E-state index contributed by atoms with van der Waals surface area (Å²) in [5.41, 5.74) is 0.973. The third-order valence-corrected chi connectivity index (χ3v) is 2.76. The topological polar surface area (TPSA) is 50.3 Å². The molecule has 1 aliphatic rings. The second-order valence-corrected chi connectivity index (χ2v) is 3.83. The highest BCUT2D eigenvalue weighted by atomic mass is 19.1. The molecule has 88 valence electrons. The summed E-state index contributed by atoms with van der Waals surface area (Å²) in [6.45, 7) is 0. The zero-order valence-electron chi connectivity index (χ0n) is 9.13. The number of benzene rings is 1. The van der Waals surface area contributed by atoms with E-state index >= 15 is 0 Å². The first kappa shape index (κ1) is 10.6. The van der Waals surface area contributed by atoms with Crippen LogP contribution in [-0.2, 0) is 0 Å². The maximum Gasteiger partial charge on any atom is 0.266 e. The fraction of sp³-hybridized carbons (Fsp3) is 0. The van der Waals surface area contributed by atoms with Crippen LogP contribution in [0, 0.1) is 5.95 Å². The van der Waals surface area contributed by atoms with Crippen LogP contribution < -0.4 is 4.90 Å². The number of fused-ring (bicyclic) bond motifs is 1. The van der Waals surface area contributed by atoms with Crippen molar-refractivity contribution in [2.75, 3.05) is 4.90 Å². The summed E-state index contributed by atoms with van der Waals surface area (Å²) in [6.07, 6.45) is 1.16. The maximum absolute atomic E-state index is 12.7. The number of amides is 2. The van der Waals surface area contributed by atoms with Gasteiger partial charge in [0, 0.05) is 0 Å². The summed E-state index contributed by atoms with van der Waals surface area (Å²) >= 11 is 0. The molecule has 1 aromatic carbocycles. The Bertz CT molecular complexity index is 617. The van der Waals surface area contributed by atoms with E-state index in [2.05, 4.69) is 4.98 Å². The molecule has 2 amide bonds. The van der Waals surface area contributed by atoms with Crippen LogP contribution in [0.1, 0.15) is 20.7 Å². The molecule has 4 nitrogen and oxygen atoms in total. The molecule has 1 aliphatic heterocycles. The SMILES string of the molecule is O=C1c2ccccc2C(=O)N1c1ccc(F)nc1. The van der Waals surface area contributed by atoms with Gasteiger partial charge in [-0.15, -0.1) is 0 Å². The van der Waals surface area contributed by atoms with Gasteiger partial charge in [-0.3, -0.25) is 9.59 Å². The smallest absolute Gasteiger partial charge is 0.266 e. The van der Waals surface area contributed by atoms with Crippen LogP contribution in [0.3, 0.4) is 0 Å². The predicted molar refractivity (Wildman–Crippen MR) is 61.8 cm³/mol. The molecule has 2 heterocycles. The van der Waals surface area contributed by atoms with Crippen molar-refractivity contribution >= 4 is 17.5 Å². The van der Waals surface area contributed by atoms with E-state index in [-0.39, 0.29) is 5.69 Å². The Morgan fingerprint density at radius 1 is 0.944 bits per heavy atom. The molecule has 0 aliphatic carbocycles. The summed E-state index contributed by atoms with van der Waals surface area (Å²) in [6, 6.07) is 9.02. The number of halogens is 1. The van der Waals surface area contributed by atoms with Crippen molar-refractivity contribution in [3.8, 4) is 0 Å². The number of hydrogen-bond acceptors (Lipinski definition) is 3. The standard InChI is InChI=1S/C13H7FN2O2/c14-11-6-5-8(7-15-11)16-12(17)9-3-1-2-4-10(9)13(16)18/h1-7H. The number of anilines is 1. The number of imide groups is 1. The van der Waals surface area contributed by atoms with Gasteiger partial charge in [0.25, 0.3) is 11.8 Å². The normalized spacial score (nSPS) is 13.9. The highest BCUT2D eigenvalue weighted by Gasteiger charge is 2.36. The Morgan fingerprint density at radius 2 is 1.56 bits per heavy atom. The highest BCUT2D eigenvalue weighted by Crippen LogP contribution is 2.27. The molecule has 2 aromatic rings. The van der Waals surface area contributed by atoms with E-state index < -0.39 is 17.8 Å². The van der Waals surface area contributed by atoms with Crippen LogP contribution in [0.5, 0.6) is 0 Å². The largest absolute Gasteiger partial charge is 0.268 e. The Labute approximate surface area is 102 Å². The minimum Gasteiger partial charge on any atom is -0.268 e. The molecule has 0 bridgehead atoms. The Balaban J connectivity index is 2.09. The van der Waals surface area contributed by atoms with Crippen LogP contribution >= 0.6 is 0 Å². The number of pyridine rings is 1. The Kier molecular flexibility index (Phi) is 2.19. The molecule has 1 aromatic heterocycles. The number of carbonyl (C=O) groups is 2. The first-order chi connectivity index (χ1) is 8.68. The van der Waals surface area contributed by atoms with Crippen molar-refractivity contribution in [3.63, 3.8) is 0 Å². The lowest BCUT2D eigenvalue weighted by Gasteiger charge is -2.12. The Morgan fingerprint density at radius 3 is 2.06 bits per heavy atom. The zero-order valence-corrected chi connectivity index (χ0v) is 9.13. The van der Waals surface area contributed by atoms with Gasteiger partial charge in [-0.05, 0) is 24.3 Å². The third-order valence-electron chi connectivity index (χ3n) is 2.76. The second-order valence-electron chi connectivity index (χ2n) is 3.83. The van der Waals surface area contributed by atoms with Crippen molar-refractivity contribution in [1.82, 2.24) is 4.98 Å². The Hall–Kier alpha value is -2.56. The highest BCUT2D eigenvalue weighted by molar-refractivity contribution is 6.34. The van der Waals surface area contributed by atoms with Crippen molar-refractivity contribution in [2.24, 2.45) is 0 Å². The van der Waals surface area contributed by atoms with Gasteiger partial charge in [-0.25, -0.2) is 9.88 Å². The number of carbonyl (C=O) groups excluding carboxylic acids is 2. The second kappa shape index (κ2) is 3.73. The van der Waals surface area contributed by atoms with Gasteiger partial charge in [-0.2, -0.15) is 4.39 Å². The molecule has 3 rings (SSSR count). The van der Waals surface area contributed by atoms with Crippen LogP contribution in [0.4, 0.5) is 10.1 Å². The van der Waals surface area contributed by atoms with Crippen molar-refractivity contribution in [3.05, 3.63) is 59.7 Å². The first-order valence-corrected chi connectivity index (χ1v) is 5.28. The number of aromatic nitrogens is 1. The molecular formula is C13H7FN2O2. The summed E-state index contributed by atoms with van der Waals surface area (Å²) in [7, 11) is 0. The quantitative estimate of drug-likeness (QED) is 0.567. The molecule has 0 saturated heterocycles. The summed E-state index contributed by atoms with van der Waals surface area (Å²) in [4.78, 5) is 28.6. The molecule has 18 heavy (non-hydrogen) atoms. The molecule has 0 fully saturated rings. The van der Waals surface area contributed by atoms with Crippen molar-refractivity contribution in [1.29, 1.82) is 0 Å². The molecule has 0 radical (unpaired) electrons. The van der Waals surface area contributed by atoms with E-state index in [1.54, 1.807) is 24.3 Å². The van der Waals surface area contributed by atoms with E-state index in [1.807, 2.05) is 0 Å². The lowest BCUT2D eigenvalue weighted by molar-refractivity contribution is 0.0926. The zero-order chi connectivity index (χ0) is 12.7. The van der Waals surface area contributed by atoms with Crippen LogP contribution in [0.15, 0.2) is 42.6 Å². The molecular weight excluding hydrogens is 235 g/mol. The molecule has 0 unspecified atom stereocenters. The first-order valence-electron chi connectivity index (χ1n) is 5.28. The molecule has 0 saturated carbocycles. The van der Waals surface area contributed by atoms with E-state index in [4.69, 9.17) is 0 Å². The van der Waals surface area contributed by atoms with E-state index in [0.29, 0.717) is 11.1 Å². The molecule has 0 N–H and O–H groups in total. The van der Waals surface area contributed by atoms with Gasteiger partial charge >= 0.3 is 0 Å². The van der Waals surface area contributed by atoms with Gasteiger partial charge < -0.3 is 0 Å². The summed E-state index contributed by atoms with van der Waals surface area (Å²) in [5, 5.41) is 0. The monoisotopic (exact) mass is 242 g/mol.